The number of rotatable bonds is 2. The van der Waals surface area contributed by atoms with Crippen molar-refractivity contribution in [3.05, 3.63) is 12.3 Å². The number of hydrogen-bond acceptors (Lipinski definition) is 2. The summed E-state index contributed by atoms with van der Waals surface area (Å²) in [5.41, 5.74) is 0. The zero-order valence-corrected chi connectivity index (χ0v) is 4.70. The molecule has 0 aromatic carbocycles. The van der Waals surface area contributed by atoms with Crippen LogP contribution in [0, 0.1) is 0 Å². The first-order chi connectivity index (χ1) is 2.91. The fourth-order valence-electron chi connectivity index (χ4n) is 0.171. The minimum Gasteiger partial charge on any atom is -0.394 e. The van der Waals surface area contributed by atoms with Gasteiger partial charge in [0.2, 0.25) is 0 Å². The molecule has 0 aliphatic carbocycles. The summed E-state index contributed by atoms with van der Waals surface area (Å²) in [4.78, 5) is 0. The van der Waals surface area contributed by atoms with E-state index in [1.807, 2.05) is 19.3 Å². The minimum atomic E-state index is 0.806. The van der Waals surface area contributed by atoms with Gasteiger partial charge in [0.25, 0.3) is 0 Å². The second-order valence-corrected chi connectivity index (χ2v) is 1.24. The largest absolute Gasteiger partial charge is 0.394 e. The Morgan fingerprint density at radius 1 is 1.83 bits per heavy atom. The van der Waals surface area contributed by atoms with Crippen LogP contribution >= 0.6 is 12.6 Å². The van der Waals surface area contributed by atoms with E-state index in [4.69, 9.17) is 0 Å². The first kappa shape index (κ1) is 5.89. The lowest BCUT2D eigenvalue weighted by atomic mass is 10.7. The van der Waals surface area contributed by atoms with E-state index in [0.29, 0.717) is 0 Å². The van der Waals surface area contributed by atoms with E-state index < -0.39 is 0 Å². The average molecular weight is 103 g/mol. The molecule has 0 radical (unpaired) electrons. The standard InChI is InChI=1S/C4H9NS/c1-5-3-2-4-6/h2-3,5-6H,4H2,1H3/b3-2-. The molecule has 0 saturated carbocycles. The van der Waals surface area contributed by atoms with E-state index in [0.717, 1.165) is 5.75 Å². The first-order valence-electron chi connectivity index (χ1n) is 1.85. The number of thiol groups is 1. The maximum absolute atomic E-state index is 3.93. The molecule has 6 heavy (non-hydrogen) atoms. The number of hydrogen-bond donors (Lipinski definition) is 2. The van der Waals surface area contributed by atoms with Crippen molar-refractivity contribution in [1.82, 2.24) is 5.32 Å². The summed E-state index contributed by atoms with van der Waals surface area (Å²) in [6.07, 6.45) is 3.79. The molecular weight excluding hydrogens is 94.1 g/mol. The summed E-state index contributed by atoms with van der Waals surface area (Å²) in [5.74, 6) is 0.806. The fraction of sp³-hybridized carbons (Fsp3) is 0.500. The zero-order chi connectivity index (χ0) is 4.83. The lowest BCUT2D eigenvalue weighted by molar-refractivity contribution is 1.10. The molecule has 0 unspecified atom stereocenters. The van der Waals surface area contributed by atoms with Gasteiger partial charge in [-0.15, -0.1) is 0 Å². The molecule has 0 aliphatic heterocycles. The molecule has 0 bridgehead atoms. The van der Waals surface area contributed by atoms with Gasteiger partial charge in [0.05, 0.1) is 0 Å². The van der Waals surface area contributed by atoms with E-state index in [1.165, 1.54) is 0 Å². The smallest absolute Gasteiger partial charge is 0.00997 e. The van der Waals surface area contributed by atoms with Crippen LogP contribution in [-0.4, -0.2) is 12.8 Å². The van der Waals surface area contributed by atoms with Crippen LogP contribution in [0.2, 0.25) is 0 Å². The van der Waals surface area contributed by atoms with Gasteiger partial charge in [-0.25, -0.2) is 0 Å². The molecule has 0 fully saturated rings. The molecule has 0 aromatic rings. The van der Waals surface area contributed by atoms with Crippen LogP contribution in [-0.2, 0) is 0 Å². The molecule has 1 N–H and O–H groups in total. The fourth-order valence-corrected chi connectivity index (χ4v) is 0.276. The summed E-state index contributed by atoms with van der Waals surface area (Å²) < 4.78 is 0. The molecule has 0 rings (SSSR count). The van der Waals surface area contributed by atoms with Crippen molar-refractivity contribution in [3.8, 4) is 0 Å². The minimum absolute atomic E-state index is 0.806. The lowest BCUT2D eigenvalue weighted by Gasteiger charge is -1.78. The highest BCUT2D eigenvalue weighted by atomic mass is 32.1. The van der Waals surface area contributed by atoms with Crippen molar-refractivity contribution in [1.29, 1.82) is 0 Å². The summed E-state index contributed by atoms with van der Waals surface area (Å²) in [5, 5.41) is 2.84. The molecule has 0 heterocycles. The molecule has 0 amide bonds. The van der Waals surface area contributed by atoms with Crippen LogP contribution in [0.3, 0.4) is 0 Å². The Morgan fingerprint density at radius 2 is 2.50 bits per heavy atom. The van der Waals surface area contributed by atoms with Crippen LogP contribution in [0.25, 0.3) is 0 Å². The predicted molar refractivity (Wildman–Crippen MR) is 32.1 cm³/mol. The van der Waals surface area contributed by atoms with Crippen LogP contribution < -0.4 is 5.32 Å². The van der Waals surface area contributed by atoms with Gasteiger partial charge in [-0.3, -0.25) is 0 Å². The molecule has 0 spiro atoms. The Hall–Kier alpha value is -0.110. The van der Waals surface area contributed by atoms with Gasteiger partial charge in [0.1, 0.15) is 0 Å². The van der Waals surface area contributed by atoms with E-state index >= 15 is 0 Å². The maximum atomic E-state index is 3.93. The average Bonchev–Trinajstić information content (AvgIpc) is 1.61. The zero-order valence-electron chi connectivity index (χ0n) is 3.81. The quantitative estimate of drug-likeness (QED) is 0.489. The monoisotopic (exact) mass is 103 g/mol. The van der Waals surface area contributed by atoms with Gasteiger partial charge in [-0.05, 0) is 6.20 Å². The second-order valence-electron chi connectivity index (χ2n) is 0.874. The molecule has 0 saturated heterocycles. The third kappa shape index (κ3) is 3.89. The van der Waals surface area contributed by atoms with Gasteiger partial charge >= 0.3 is 0 Å². The summed E-state index contributed by atoms with van der Waals surface area (Å²) >= 11 is 3.93. The van der Waals surface area contributed by atoms with Crippen molar-refractivity contribution in [3.63, 3.8) is 0 Å². The Balaban J connectivity index is 2.73. The summed E-state index contributed by atoms with van der Waals surface area (Å²) in [6, 6.07) is 0. The van der Waals surface area contributed by atoms with Gasteiger partial charge in [-0.2, -0.15) is 12.6 Å². The third-order valence-electron chi connectivity index (χ3n) is 0.390. The van der Waals surface area contributed by atoms with E-state index in [9.17, 15) is 0 Å². The molecule has 2 heteroatoms. The van der Waals surface area contributed by atoms with Crippen molar-refractivity contribution in [2.24, 2.45) is 0 Å². The first-order valence-corrected chi connectivity index (χ1v) is 2.48. The summed E-state index contributed by atoms with van der Waals surface area (Å²) in [7, 11) is 1.86. The molecule has 0 aliphatic rings. The molecule has 0 aromatic heterocycles. The normalized spacial score (nSPS) is 9.67. The molecule has 36 valence electrons. The van der Waals surface area contributed by atoms with E-state index in [-0.39, 0.29) is 0 Å². The Morgan fingerprint density at radius 3 is 2.67 bits per heavy atom. The molecular formula is C4H9NS. The third-order valence-corrected chi connectivity index (χ3v) is 0.601. The predicted octanol–water partition coefficient (Wildman–Crippen LogP) is 0.649. The van der Waals surface area contributed by atoms with Gasteiger partial charge in [0.15, 0.2) is 0 Å². The van der Waals surface area contributed by atoms with Crippen molar-refractivity contribution >= 4 is 12.6 Å². The highest BCUT2D eigenvalue weighted by molar-refractivity contribution is 7.80. The van der Waals surface area contributed by atoms with Gasteiger partial charge < -0.3 is 5.32 Å². The molecule has 0 atom stereocenters. The Kier molecular flexibility index (Phi) is 4.80. The highest BCUT2D eigenvalue weighted by Crippen LogP contribution is 1.70. The number of nitrogens with one attached hydrogen (secondary N) is 1. The summed E-state index contributed by atoms with van der Waals surface area (Å²) in [6.45, 7) is 0. The van der Waals surface area contributed by atoms with Crippen LogP contribution in [0.5, 0.6) is 0 Å². The van der Waals surface area contributed by atoms with E-state index in [2.05, 4.69) is 17.9 Å². The van der Waals surface area contributed by atoms with Crippen molar-refractivity contribution in [2.75, 3.05) is 12.8 Å². The SMILES string of the molecule is CN/C=C\CS. The lowest BCUT2D eigenvalue weighted by Crippen LogP contribution is -1.90. The molecule has 1 nitrogen and oxygen atoms in total. The van der Waals surface area contributed by atoms with Crippen molar-refractivity contribution in [2.45, 2.75) is 0 Å². The Bertz CT molecular complexity index is 36.8. The highest BCUT2D eigenvalue weighted by Gasteiger charge is 1.57. The van der Waals surface area contributed by atoms with Crippen LogP contribution in [0.4, 0.5) is 0 Å². The second kappa shape index (κ2) is 4.89. The van der Waals surface area contributed by atoms with Gasteiger partial charge in [-0.1, -0.05) is 6.08 Å². The maximum Gasteiger partial charge on any atom is 0.00997 e. The van der Waals surface area contributed by atoms with Crippen LogP contribution in [0.1, 0.15) is 0 Å². The van der Waals surface area contributed by atoms with Gasteiger partial charge in [0, 0.05) is 12.8 Å². The van der Waals surface area contributed by atoms with E-state index in [1.54, 1.807) is 0 Å². The van der Waals surface area contributed by atoms with Crippen LogP contribution in [0.15, 0.2) is 12.3 Å². The van der Waals surface area contributed by atoms with Crippen molar-refractivity contribution < 1.29 is 0 Å². The Labute approximate surface area is 43.8 Å². The topological polar surface area (TPSA) is 12.0 Å².